The van der Waals surface area contributed by atoms with Crippen LogP contribution in [0.4, 0.5) is 4.39 Å². The Hall–Kier alpha value is -3.19. The molecule has 0 fully saturated rings. The van der Waals surface area contributed by atoms with Gasteiger partial charge < -0.3 is 14.3 Å². The lowest BCUT2D eigenvalue weighted by Gasteiger charge is -2.29. The Labute approximate surface area is 155 Å². The summed E-state index contributed by atoms with van der Waals surface area (Å²) in [4.78, 5) is 17.8. The predicted octanol–water partition coefficient (Wildman–Crippen LogP) is 3.65. The third-order valence-electron chi connectivity index (χ3n) is 4.16. The summed E-state index contributed by atoms with van der Waals surface area (Å²) in [6.07, 6.45) is 4.80. The minimum absolute atomic E-state index is 0.228. The summed E-state index contributed by atoms with van der Waals surface area (Å²) in [5, 5.41) is 9.95. The molecule has 1 atom stereocenters. The van der Waals surface area contributed by atoms with Crippen LogP contribution in [-0.2, 0) is 17.9 Å². The average molecular weight is 370 g/mol. The molecule has 7 heteroatoms. The molecule has 0 radical (unpaired) electrons. The van der Waals surface area contributed by atoms with Gasteiger partial charge in [-0.05, 0) is 48.0 Å². The quantitative estimate of drug-likeness (QED) is 0.652. The Balaban J connectivity index is 2.03. The molecule has 0 aliphatic heterocycles. The fourth-order valence-corrected chi connectivity index (χ4v) is 2.97. The van der Waals surface area contributed by atoms with Gasteiger partial charge in [-0.3, -0.25) is 14.7 Å². The van der Waals surface area contributed by atoms with Gasteiger partial charge in [0.15, 0.2) is 0 Å². The fourth-order valence-electron chi connectivity index (χ4n) is 2.97. The van der Waals surface area contributed by atoms with Crippen LogP contribution < -0.4 is 4.74 Å². The molecule has 1 aromatic carbocycles. The molecule has 0 amide bonds. The van der Waals surface area contributed by atoms with E-state index in [1.54, 1.807) is 41.6 Å². The van der Waals surface area contributed by atoms with Crippen LogP contribution in [0.1, 0.15) is 22.9 Å². The molecular weight excluding hydrogens is 351 g/mol. The first-order valence-electron chi connectivity index (χ1n) is 8.30. The maximum absolute atomic E-state index is 13.9. The van der Waals surface area contributed by atoms with E-state index in [0.717, 1.165) is 5.56 Å². The van der Waals surface area contributed by atoms with Crippen molar-refractivity contribution < 1.29 is 23.4 Å². The largest absolute Gasteiger partial charge is 0.496 e. The van der Waals surface area contributed by atoms with Crippen molar-refractivity contribution in [3.05, 3.63) is 83.8 Å². The molecule has 0 saturated carbocycles. The number of nitrogens with zero attached hydrogens (tertiary/aromatic N) is 2. The second-order valence-corrected chi connectivity index (χ2v) is 5.97. The van der Waals surface area contributed by atoms with E-state index in [1.165, 1.54) is 31.6 Å². The number of methoxy groups -OCH3 is 1. The zero-order chi connectivity index (χ0) is 19.2. The molecule has 140 valence electrons. The molecule has 6 nitrogen and oxygen atoms in total. The molecule has 2 heterocycles. The number of rotatable bonds is 8. The lowest BCUT2D eigenvalue weighted by molar-refractivity contribution is -0.144. The summed E-state index contributed by atoms with van der Waals surface area (Å²) in [7, 11) is 1.43. The van der Waals surface area contributed by atoms with E-state index in [2.05, 4.69) is 4.98 Å². The smallest absolute Gasteiger partial charge is 0.325 e. The van der Waals surface area contributed by atoms with E-state index in [1.807, 2.05) is 0 Å². The number of carbonyl (C=O) groups is 1. The van der Waals surface area contributed by atoms with Gasteiger partial charge in [-0.25, -0.2) is 4.39 Å². The van der Waals surface area contributed by atoms with E-state index >= 15 is 0 Å². The fraction of sp³-hybridized carbons (Fsp3) is 0.200. The van der Waals surface area contributed by atoms with Gasteiger partial charge in [-0.15, -0.1) is 0 Å². The summed E-state index contributed by atoms with van der Waals surface area (Å²) in [5.74, 6) is -0.730. The van der Waals surface area contributed by atoms with E-state index in [9.17, 15) is 14.3 Å². The molecule has 3 aromatic rings. The van der Waals surface area contributed by atoms with Crippen molar-refractivity contribution in [3.8, 4) is 5.75 Å². The highest BCUT2D eigenvalue weighted by Gasteiger charge is 2.31. The Morgan fingerprint density at radius 1 is 1.26 bits per heavy atom. The number of benzene rings is 1. The van der Waals surface area contributed by atoms with Crippen LogP contribution in [0, 0.1) is 5.82 Å². The lowest BCUT2D eigenvalue weighted by Crippen LogP contribution is -2.33. The summed E-state index contributed by atoms with van der Waals surface area (Å²) in [5.41, 5.74) is 1.11. The van der Waals surface area contributed by atoms with Crippen LogP contribution in [0.2, 0.25) is 0 Å². The number of carboxylic acid groups (broad SMARTS) is 1. The number of hydrogen-bond donors (Lipinski definition) is 1. The van der Waals surface area contributed by atoms with Crippen molar-refractivity contribution in [2.75, 3.05) is 7.11 Å². The normalized spacial score (nSPS) is 12.1. The molecule has 1 N–H and O–H groups in total. The Bertz CT molecular complexity index is 884. The topological polar surface area (TPSA) is 75.8 Å². The lowest BCUT2D eigenvalue weighted by atomic mass is 10.0. The van der Waals surface area contributed by atoms with Crippen LogP contribution in [0.3, 0.4) is 0 Å². The second-order valence-electron chi connectivity index (χ2n) is 5.97. The highest BCUT2D eigenvalue weighted by molar-refractivity contribution is 5.76. The number of ether oxygens (including phenoxy) is 1. The monoisotopic (exact) mass is 370 g/mol. The van der Waals surface area contributed by atoms with Gasteiger partial charge in [0, 0.05) is 24.5 Å². The molecule has 0 bridgehead atoms. The van der Waals surface area contributed by atoms with Gasteiger partial charge in [-0.1, -0.05) is 0 Å². The summed E-state index contributed by atoms with van der Waals surface area (Å²) >= 11 is 0. The number of carboxylic acids is 1. The maximum Gasteiger partial charge on any atom is 0.325 e. The minimum Gasteiger partial charge on any atom is -0.496 e. The number of aromatic nitrogens is 1. The zero-order valence-electron chi connectivity index (χ0n) is 14.7. The highest BCUT2D eigenvalue weighted by Crippen LogP contribution is 2.32. The number of furan rings is 1. The second kappa shape index (κ2) is 8.46. The maximum atomic E-state index is 13.9. The standard InChI is InChI=1S/C20H19FN2O4/c1-26-18-5-4-15(21)11-17(18)19(20(24)25)23(13-16-3-2-10-27-16)12-14-6-8-22-9-7-14/h2-11,19H,12-13H2,1H3,(H,24,25)/t19-/m0/s1. The first-order chi connectivity index (χ1) is 13.1. The van der Waals surface area contributed by atoms with Crippen molar-refractivity contribution in [1.29, 1.82) is 0 Å². The summed E-state index contributed by atoms with van der Waals surface area (Å²) in [6.45, 7) is 0.534. The van der Waals surface area contributed by atoms with Crippen LogP contribution >= 0.6 is 0 Å². The van der Waals surface area contributed by atoms with Gasteiger partial charge >= 0.3 is 5.97 Å². The van der Waals surface area contributed by atoms with Crippen LogP contribution in [-0.4, -0.2) is 28.1 Å². The molecule has 0 saturated heterocycles. The third kappa shape index (κ3) is 4.51. The molecule has 0 spiro atoms. The Morgan fingerprint density at radius 2 is 2.04 bits per heavy atom. The van der Waals surface area contributed by atoms with Gasteiger partial charge in [0.05, 0.1) is 19.9 Å². The van der Waals surface area contributed by atoms with Crippen LogP contribution in [0.25, 0.3) is 0 Å². The first kappa shape index (κ1) is 18.6. The minimum atomic E-state index is -1.13. The van der Waals surface area contributed by atoms with Crippen molar-refractivity contribution >= 4 is 5.97 Å². The molecule has 0 aliphatic carbocycles. The number of pyridine rings is 1. The van der Waals surface area contributed by atoms with Crippen LogP contribution in [0.15, 0.2) is 65.5 Å². The molecule has 0 aliphatic rings. The van der Waals surface area contributed by atoms with E-state index < -0.39 is 17.8 Å². The van der Waals surface area contributed by atoms with Crippen molar-refractivity contribution in [1.82, 2.24) is 9.88 Å². The average Bonchev–Trinajstić information content (AvgIpc) is 3.16. The SMILES string of the molecule is COc1ccc(F)cc1[C@@H](C(=O)O)N(Cc1ccncc1)Cc1ccco1. The number of halogens is 1. The van der Waals surface area contributed by atoms with E-state index in [-0.39, 0.29) is 12.1 Å². The molecule has 0 unspecified atom stereocenters. The third-order valence-corrected chi connectivity index (χ3v) is 4.16. The number of aliphatic carboxylic acids is 1. The molecule has 3 rings (SSSR count). The van der Waals surface area contributed by atoms with Crippen molar-refractivity contribution in [2.24, 2.45) is 0 Å². The Kier molecular flexibility index (Phi) is 5.83. The summed E-state index contributed by atoms with van der Waals surface area (Å²) in [6, 6.07) is 9.83. The molecule has 2 aromatic heterocycles. The molecule has 27 heavy (non-hydrogen) atoms. The summed E-state index contributed by atoms with van der Waals surface area (Å²) < 4.78 is 24.6. The highest BCUT2D eigenvalue weighted by atomic mass is 19.1. The predicted molar refractivity (Wildman–Crippen MR) is 95.5 cm³/mol. The van der Waals surface area contributed by atoms with Gasteiger partial charge in [0.25, 0.3) is 0 Å². The first-order valence-corrected chi connectivity index (χ1v) is 8.30. The van der Waals surface area contributed by atoms with Gasteiger partial charge in [0.1, 0.15) is 23.4 Å². The Morgan fingerprint density at radius 3 is 2.67 bits per heavy atom. The molecular formula is C20H19FN2O4. The van der Waals surface area contributed by atoms with E-state index in [0.29, 0.717) is 18.1 Å². The van der Waals surface area contributed by atoms with Crippen LogP contribution in [0.5, 0.6) is 5.75 Å². The zero-order valence-corrected chi connectivity index (χ0v) is 14.7. The van der Waals surface area contributed by atoms with Gasteiger partial charge in [0.2, 0.25) is 0 Å². The van der Waals surface area contributed by atoms with Crippen molar-refractivity contribution in [3.63, 3.8) is 0 Å². The van der Waals surface area contributed by atoms with Gasteiger partial charge in [-0.2, -0.15) is 0 Å². The van der Waals surface area contributed by atoms with E-state index in [4.69, 9.17) is 9.15 Å². The number of hydrogen-bond acceptors (Lipinski definition) is 5. The van der Waals surface area contributed by atoms with Crippen molar-refractivity contribution in [2.45, 2.75) is 19.1 Å².